The van der Waals surface area contributed by atoms with E-state index in [4.69, 9.17) is 5.73 Å². The molecule has 0 fully saturated rings. The normalized spacial score (nSPS) is 20.1. The summed E-state index contributed by atoms with van der Waals surface area (Å²) in [4.78, 5) is 12.0. The Hall–Kier alpha value is -2.43. The van der Waals surface area contributed by atoms with Crippen molar-refractivity contribution >= 4 is 11.6 Å². The highest BCUT2D eigenvalue weighted by molar-refractivity contribution is 5.90. The second kappa shape index (κ2) is 4.84. The third-order valence-corrected chi connectivity index (χ3v) is 3.92. The number of anilines is 1. The maximum atomic E-state index is 13.3. The number of benzene rings is 2. The van der Waals surface area contributed by atoms with E-state index in [0.717, 1.165) is 5.56 Å². The maximum Gasteiger partial charge on any atom is 0.247 e. The molecular formula is C16H14F2N2O. The van der Waals surface area contributed by atoms with Crippen LogP contribution in [0, 0.1) is 11.6 Å². The van der Waals surface area contributed by atoms with Crippen LogP contribution < -0.4 is 11.1 Å². The number of carbonyl (C=O) groups excluding carboxylic acids is 1. The van der Waals surface area contributed by atoms with E-state index >= 15 is 0 Å². The zero-order chi connectivity index (χ0) is 15.0. The summed E-state index contributed by atoms with van der Waals surface area (Å²) < 4.78 is 26.3. The predicted octanol–water partition coefficient (Wildman–Crippen LogP) is 2.70. The van der Waals surface area contributed by atoms with Gasteiger partial charge in [0, 0.05) is 5.69 Å². The smallest absolute Gasteiger partial charge is 0.247 e. The molecule has 0 aliphatic heterocycles. The van der Waals surface area contributed by atoms with Crippen LogP contribution in [0.5, 0.6) is 0 Å². The molecule has 1 unspecified atom stereocenters. The van der Waals surface area contributed by atoms with Crippen molar-refractivity contribution in [3.05, 3.63) is 65.2 Å². The number of hydrogen-bond acceptors (Lipinski definition) is 2. The van der Waals surface area contributed by atoms with E-state index in [-0.39, 0.29) is 11.6 Å². The molecule has 0 radical (unpaired) electrons. The Kier molecular flexibility index (Phi) is 3.12. The minimum atomic E-state index is -1.08. The molecule has 1 amide bonds. The lowest BCUT2D eigenvalue weighted by Gasteiger charge is -2.29. The van der Waals surface area contributed by atoms with Crippen molar-refractivity contribution in [1.29, 1.82) is 0 Å². The quantitative estimate of drug-likeness (QED) is 0.912. The molecule has 3 N–H and O–H groups in total. The Morgan fingerprint density at radius 1 is 1.10 bits per heavy atom. The van der Waals surface area contributed by atoms with Crippen molar-refractivity contribution in [1.82, 2.24) is 0 Å². The number of nitrogens with one attached hydrogen (secondary N) is 1. The van der Waals surface area contributed by atoms with Crippen LogP contribution in [0.3, 0.4) is 0 Å². The minimum absolute atomic E-state index is 0.337. The molecule has 2 aromatic rings. The molecule has 0 saturated carbocycles. The van der Waals surface area contributed by atoms with Crippen molar-refractivity contribution in [2.24, 2.45) is 5.73 Å². The fourth-order valence-corrected chi connectivity index (χ4v) is 2.87. The first kappa shape index (κ1) is 13.5. The third kappa shape index (κ3) is 2.24. The molecule has 0 bridgehead atoms. The molecule has 3 rings (SSSR count). The second-order valence-electron chi connectivity index (χ2n) is 5.20. The van der Waals surface area contributed by atoms with E-state index in [2.05, 4.69) is 5.32 Å². The summed E-state index contributed by atoms with van der Waals surface area (Å²) in [5.41, 5.74) is 6.55. The van der Waals surface area contributed by atoms with E-state index in [0.29, 0.717) is 24.1 Å². The number of fused-ring (bicyclic) bond motifs is 1. The van der Waals surface area contributed by atoms with Crippen molar-refractivity contribution in [3.8, 4) is 0 Å². The first-order valence-corrected chi connectivity index (χ1v) is 6.64. The Bertz CT molecular complexity index is 700. The van der Waals surface area contributed by atoms with Gasteiger partial charge in [0.2, 0.25) is 5.91 Å². The Morgan fingerprint density at radius 3 is 2.43 bits per heavy atom. The van der Waals surface area contributed by atoms with E-state index in [1.165, 1.54) is 24.3 Å². The lowest BCUT2D eigenvalue weighted by atomic mass is 9.90. The molecule has 1 aliphatic carbocycles. The highest BCUT2D eigenvalue weighted by Crippen LogP contribution is 2.39. The Labute approximate surface area is 120 Å². The number of carbonyl (C=O) groups is 1. The summed E-state index contributed by atoms with van der Waals surface area (Å²) in [5.74, 6) is -1.23. The lowest BCUT2D eigenvalue weighted by molar-refractivity contribution is -0.122. The van der Waals surface area contributed by atoms with E-state index in [9.17, 15) is 13.6 Å². The molecule has 0 spiro atoms. The molecule has 3 nitrogen and oxygen atoms in total. The molecule has 0 heterocycles. The summed E-state index contributed by atoms with van der Waals surface area (Å²) in [6.45, 7) is 0. The summed E-state index contributed by atoms with van der Waals surface area (Å²) in [6, 6.07) is 10.0. The number of halogens is 2. The van der Waals surface area contributed by atoms with Crippen LogP contribution in [0.25, 0.3) is 0 Å². The lowest BCUT2D eigenvalue weighted by Crippen LogP contribution is -2.46. The topological polar surface area (TPSA) is 55.1 Å². The van der Waals surface area contributed by atoms with Gasteiger partial charge in [-0.2, -0.15) is 0 Å². The molecule has 108 valence electrons. The molecule has 0 aromatic heterocycles. The van der Waals surface area contributed by atoms with Crippen LogP contribution in [0.1, 0.15) is 17.5 Å². The summed E-state index contributed by atoms with van der Waals surface area (Å²) >= 11 is 0. The molecular weight excluding hydrogens is 274 g/mol. The first-order valence-electron chi connectivity index (χ1n) is 6.64. The number of nitrogens with two attached hydrogens (primary N) is 1. The van der Waals surface area contributed by atoms with E-state index in [1.807, 2.05) is 0 Å². The average Bonchev–Trinajstić information content (AvgIpc) is 2.81. The van der Waals surface area contributed by atoms with Crippen LogP contribution in [0.2, 0.25) is 0 Å². The van der Waals surface area contributed by atoms with E-state index in [1.54, 1.807) is 18.2 Å². The molecule has 1 atom stereocenters. The fourth-order valence-electron chi connectivity index (χ4n) is 2.87. The molecule has 2 aromatic carbocycles. The first-order chi connectivity index (χ1) is 10.0. The van der Waals surface area contributed by atoms with Gasteiger partial charge in [-0.05, 0) is 60.4 Å². The van der Waals surface area contributed by atoms with Crippen LogP contribution in [-0.2, 0) is 16.8 Å². The van der Waals surface area contributed by atoms with Crippen LogP contribution >= 0.6 is 0 Å². The molecule has 0 saturated heterocycles. The standard InChI is InChI=1S/C16H14F2N2O/c17-11-1-4-13(5-2-11)20-16(15(19)21)8-7-10-9-12(18)3-6-14(10)16/h1-6,9,20H,7-8H2,(H2,19,21). The van der Waals surface area contributed by atoms with Crippen molar-refractivity contribution in [2.75, 3.05) is 5.32 Å². The largest absolute Gasteiger partial charge is 0.368 e. The summed E-state index contributed by atoms with van der Waals surface area (Å²) in [6.07, 6.45) is 1.00. The third-order valence-electron chi connectivity index (χ3n) is 3.92. The van der Waals surface area contributed by atoms with Crippen molar-refractivity contribution in [2.45, 2.75) is 18.4 Å². The predicted molar refractivity (Wildman–Crippen MR) is 75.6 cm³/mol. The molecule has 5 heteroatoms. The minimum Gasteiger partial charge on any atom is -0.368 e. The van der Waals surface area contributed by atoms with Gasteiger partial charge in [-0.1, -0.05) is 6.07 Å². The maximum absolute atomic E-state index is 13.3. The van der Waals surface area contributed by atoms with Gasteiger partial charge in [-0.25, -0.2) is 8.78 Å². The SMILES string of the molecule is NC(=O)C1(Nc2ccc(F)cc2)CCc2cc(F)ccc21. The Morgan fingerprint density at radius 2 is 1.76 bits per heavy atom. The molecule has 1 aliphatic rings. The monoisotopic (exact) mass is 288 g/mol. The zero-order valence-electron chi connectivity index (χ0n) is 11.2. The van der Waals surface area contributed by atoms with Gasteiger partial charge < -0.3 is 11.1 Å². The average molecular weight is 288 g/mol. The van der Waals surface area contributed by atoms with Gasteiger partial charge in [0.25, 0.3) is 0 Å². The van der Waals surface area contributed by atoms with Crippen LogP contribution in [0.15, 0.2) is 42.5 Å². The number of primary amides is 1. The van der Waals surface area contributed by atoms with Crippen LogP contribution in [0.4, 0.5) is 14.5 Å². The van der Waals surface area contributed by atoms with Crippen molar-refractivity contribution < 1.29 is 13.6 Å². The van der Waals surface area contributed by atoms with Gasteiger partial charge in [-0.3, -0.25) is 4.79 Å². The van der Waals surface area contributed by atoms with Gasteiger partial charge in [0.15, 0.2) is 0 Å². The van der Waals surface area contributed by atoms with Crippen molar-refractivity contribution in [3.63, 3.8) is 0 Å². The second-order valence-corrected chi connectivity index (χ2v) is 5.20. The number of hydrogen-bond donors (Lipinski definition) is 2. The Balaban J connectivity index is 2.03. The van der Waals surface area contributed by atoms with Gasteiger partial charge in [0.1, 0.15) is 17.2 Å². The van der Waals surface area contributed by atoms with Gasteiger partial charge in [-0.15, -0.1) is 0 Å². The van der Waals surface area contributed by atoms with Gasteiger partial charge in [0.05, 0.1) is 0 Å². The van der Waals surface area contributed by atoms with Gasteiger partial charge >= 0.3 is 0 Å². The van der Waals surface area contributed by atoms with Crippen LogP contribution in [-0.4, -0.2) is 5.91 Å². The highest BCUT2D eigenvalue weighted by atomic mass is 19.1. The summed E-state index contributed by atoms with van der Waals surface area (Å²) in [5, 5.41) is 3.09. The molecule has 21 heavy (non-hydrogen) atoms. The number of rotatable bonds is 3. The zero-order valence-corrected chi connectivity index (χ0v) is 11.2. The highest BCUT2D eigenvalue weighted by Gasteiger charge is 2.44. The fraction of sp³-hybridized carbons (Fsp3) is 0.188. The number of aryl methyl sites for hydroxylation is 1. The number of amides is 1. The van der Waals surface area contributed by atoms with E-state index < -0.39 is 11.4 Å². The summed E-state index contributed by atoms with van der Waals surface area (Å²) in [7, 11) is 0.